The highest BCUT2D eigenvalue weighted by Gasteiger charge is 2.50. The zero-order valence-electron chi connectivity index (χ0n) is 74.3. The Labute approximate surface area is 775 Å². The molecule has 4 heteroatoms. The molecular weight excluding hydrogens is 1620 g/mol. The van der Waals surface area contributed by atoms with Gasteiger partial charge in [-0.2, -0.15) is 0 Å². The van der Waals surface area contributed by atoms with Crippen molar-refractivity contribution >= 4 is 130 Å². The second-order valence-corrected chi connectivity index (χ2v) is 37.2. The Morgan fingerprint density at radius 2 is 0.463 bits per heavy atom. The predicted molar refractivity (Wildman–Crippen MR) is 564 cm³/mol. The molecule has 626 valence electrons. The number of para-hydroxylation sites is 4. The molecule has 4 nitrogen and oxygen atoms in total. The summed E-state index contributed by atoms with van der Waals surface area (Å²) in [5.74, 6) is 0. The van der Waals surface area contributed by atoms with Gasteiger partial charge in [0.05, 0.1) is 10.8 Å². The summed E-state index contributed by atoms with van der Waals surface area (Å²) < 4.78 is 9.66. The van der Waals surface area contributed by atoms with Crippen molar-refractivity contribution in [2.75, 3.05) is 0 Å². The van der Waals surface area contributed by atoms with Crippen LogP contribution in [0.15, 0.2) is 455 Å². The van der Waals surface area contributed by atoms with Crippen LogP contribution in [0.5, 0.6) is 0 Å². The molecule has 0 radical (unpaired) electrons. The van der Waals surface area contributed by atoms with Crippen LogP contribution in [0.2, 0.25) is 0 Å². The summed E-state index contributed by atoms with van der Waals surface area (Å²) in [7, 11) is 6.62. The topological polar surface area (TPSA) is 19.7 Å². The number of nitrogens with zero attached hydrogens (tertiary/aromatic N) is 4. The Morgan fingerprint density at radius 3 is 0.918 bits per heavy atom. The van der Waals surface area contributed by atoms with Crippen LogP contribution in [-0.2, 0) is 38.5 Å². The molecule has 28 rings (SSSR count). The molecule has 134 heavy (non-hydrogen) atoms. The van der Waals surface area contributed by atoms with Gasteiger partial charge in [-0.25, -0.2) is 0 Å². The molecule has 0 fully saturated rings. The summed E-state index contributed by atoms with van der Waals surface area (Å²) >= 11 is 0. The first-order valence-electron chi connectivity index (χ1n) is 46.9. The molecule has 0 atom stereocenters. The lowest BCUT2D eigenvalue weighted by molar-refractivity contribution is 0.769. The maximum Gasteiger partial charge on any atom is 0.0719 e. The van der Waals surface area contributed by atoms with E-state index in [1.165, 1.54) is 269 Å². The smallest absolute Gasteiger partial charge is 0.0719 e. The number of aromatic nitrogens is 4. The highest BCUT2D eigenvalue weighted by molar-refractivity contribution is 6.24. The normalized spacial score (nSPS) is 13.2. The van der Waals surface area contributed by atoms with Gasteiger partial charge in [0, 0.05) is 115 Å². The highest BCUT2D eigenvalue weighted by atomic mass is 15.0. The van der Waals surface area contributed by atoms with Crippen LogP contribution >= 0.6 is 0 Å². The fourth-order valence-electron chi connectivity index (χ4n) is 25.1. The van der Waals surface area contributed by atoms with E-state index in [1.54, 1.807) is 0 Å². The summed E-state index contributed by atoms with van der Waals surface area (Å²) in [6, 6.07) is 174. The molecule has 2 aliphatic carbocycles. The van der Waals surface area contributed by atoms with Crippen LogP contribution in [0.25, 0.3) is 219 Å². The first-order chi connectivity index (χ1) is 66.2. The first kappa shape index (κ1) is 76.0. The summed E-state index contributed by atoms with van der Waals surface area (Å²) in [6.07, 6.45) is 0. The molecule has 22 aromatic carbocycles. The Morgan fingerprint density at radius 1 is 0.172 bits per heavy atom. The molecule has 0 N–H and O–H groups in total. The monoisotopic (exact) mass is 1700 g/mol. The fraction of sp³-hybridized carbons (Fsp3) is 0.0462. The SMILES string of the molecule is Cn1c2ccccc2c2cc(-c3cccc4c(-c5cccc6c5C(c5ccccc5)(c5ccccc5)c5ccccc5-6)c5cccc(-c6ccc7c(c6)c6ccccc6n7Cc6ccc7c(c6)-c6cccc(-c8c9cccc(-c%10ccc%11c%12ccccc%12n(C)c%11c%10)c9cc9c(-c%10ccc%11c%12ccccc%12n(C)c%11c%10)cccc89)c6C7(c6ccccc6)c6ccccc6)c5cc34)ccc21. The second-order valence-electron chi connectivity index (χ2n) is 37.2. The van der Waals surface area contributed by atoms with E-state index in [9.17, 15) is 0 Å². The zero-order valence-corrected chi connectivity index (χ0v) is 74.3. The molecule has 0 bridgehead atoms. The number of fused-ring (bicyclic) bond motifs is 22. The summed E-state index contributed by atoms with van der Waals surface area (Å²) in [6.45, 7) is 0.639. The number of benzene rings is 22. The van der Waals surface area contributed by atoms with Crippen LogP contribution in [0.3, 0.4) is 0 Å². The van der Waals surface area contributed by atoms with Gasteiger partial charge < -0.3 is 18.3 Å². The summed E-state index contributed by atoms with van der Waals surface area (Å²) in [5, 5.41) is 19.6. The van der Waals surface area contributed by atoms with Crippen molar-refractivity contribution in [2.45, 2.75) is 17.4 Å². The molecule has 4 heterocycles. The molecule has 0 amide bonds. The lowest BCUT2D eigenvalue weighted by Gasteiger charge is -2.35. The van der Waals surface area contributed by atoms with Gasteiger partial charge in [0.25, 0.3) is 0 Å². The minimum atomic E-state index is -0.766. The third-order valence-electron chi connectivity index (χ3n) is 30.8. The van der Waals surface area contributed by atoms with E-state index in [4.69, 9.17) is 0 Å². The fourth-order valence-corrected chi connectivity index (χ4v) is 25.1. The van der Waals surface area contributed by atoms with Crippen LogP contribution in [0.1, 0.15) is 50.1 Å². The van der Waals surface area contributed by atoms with E-state index in [2.05, 4.69) is 494 Å². The quantitative estimate of drug-likeness (QED) is 0.109. The van der Waals surface area contributed by atoms with Crippen molar-refractivity contribution in [1.29, 1.82) is 0 Å². The van der Waals surface area contributed by atoms with Gasteiger partial charge in [0.1, 0.15) is 0 Å². The standard InChI is InChI=1S/C130H86N4/c1-131-119-60-24-19-43-96(119)113-73-81(65-70-120(113)131)89-45-26-49-100-108(89)77-109-90(46-27-50-101(109)125(100)106-55-30-53-104-93-40-16-21-57-115(93)129(127(104)106,85-32-8-4-9-33-85)86-34-10-5-11-35-86)82-66-71-122-114(74-82)97-44-20-25-61-121(97)134(122)79-80-62-69-116-112(72-80)105-54-31-56-107(128(105)130(116,87-36-12-6-13-37-87)88-38-14-7-15-39-88)126-102-51-28-47-91(83-63-67-98-94-41-17-22-58-117(94)132(2)123(98)75-83)110(102)78-111-92(48-29-52-103(111)126)84-64-68-99-95-42-18-23-59-118(95)133(3)124(99)76-84/h4-78H,79H2,1-3H3. The average molecular weight is 1700 g/mol. The third-order valence-corrected chi connectivity index (χ3v) is 30.8. The second kappa shape index (κ2) is 29.0. The lowest BCUT2D eigenvalue weighted by atomic mass is 9.65. The minimum absolute atomic E-state index is 0.639. The minimum Gasteiger partial charge on any atom is -0.344 e. The maximum atomic E-state index is 2.59. The summed E-state index contributed by atoms with van der Waals surface area (Å²) in [5.41, 5.74) is 38.9. The van der Waals surface area contributed by atoms with Crippen LogP contribution in [0.4, 0.5) is 0 Å². The van der Waals surface area contributed by atoms with E-state index in [0.29, 0.717) is 6.54 Å². The molecular formula is C130H86N4. The largest absolute Gasteiger partial charge is 0.344 e. The van der Waals surface area contributed by atoms with Crippen molar-refractivity contribution in [3.63, 3.8) is 0 Å². The number of hydrogen-bond acceptors (Lipinski definition) is 0. The first-order valence-corrected chi connectivity index (χ1v) is 46.9. The van der Waals surface area contributed by atoms with Crippen molar-refractivity contribution in [1.82, 2.24) is 18.3 Å². The Balaban J connectivity index is 0.641. The molecule has 0 aliphatic heterocycles. The maximum absolute atomic E-state index is 2.59. The van der Waals surface area contributed by atoms with Gasteiger partial charge in [-0.05, 0) is 261 Å². The van der Waals surface area contributed by atoms with Crippen LogP contribution < -0.4 is 0 Å². The Kier molecular flexibility index (Phi) is 16.5. The molecule has 26 aromatic rings. The van der Waals surface area contributed by atoms with Crippen molar-refractivity contribution in [3.05, 3.63) is 505 Å². The zero-order chi connectivity index (χ0) is 88.3. The predicted octanol–water partition coefficient (Wildman–Crippen LogP) is 33.1. The van der Waals surface area contributed by atoms with Crippen molar-refractivity contribution in [3.8, 4) is 89.0 Å². The average Bonchev–Trinajstić information content (AvgIpc) is 1.53. The van der Waals surface area contributed by atoms with Crippen LogP contribution in [-0.4, -0.2) is 18.3 Å². The van der Waals surface area contributed by atoms with Crippen molar-refractivity contribution in [2.24, 2.45) is 21.1 Å². The lowest BCUT2D eigenvalue weighted by Crippen LogP contribution is -2.29. The Bertz CT molecular complexity index is 9250. The van der Waals surface area contributed by atoms with E-state index in [1.807, 2.05) is 0 Å². The number of rotatable bonds is 12. The van der Waals surface area contributed by atoms with Crippen molar-refractivity contribution < 1.29 is 0 Å². The summed E-state index contributed by atoms with van der Waals surface area (Å²) in [4.78, 5) is 0. The molecule has 0 saturated carbocycles. The van der Waals surface area contributed by atoms with Gasteiger partial charge in [-0.1, -0.05) is 376 Å². The number of hydrogen-bond donors (Lipinski definition) is 0. The number of aryl methyl sites for hydroxylation is 3. The van der Waals surface area contributed by atoms with Gasteiger partial charge in [-0.3, -0.25) is 0 Å². The van der Waals surface area contributed by atoms with E-state index in [-0.39, 0.29) is 0 Å². The van der Waals surface area contributed by atoms with Gasteiger partial charge >= 0.3 is 0 Å². The molecule has 4 aromatic heterocycles. The molecule has 0 saturated heterocycles. The molecule has 0 spiro atoms. The van der Waals surface area contributed by atoms with E-state index < -0.39 is 10.8 Å². The molecule has 0 unspecified atom stereocenters. The Hall–Kier alpha value is -16.9. The van der Waals surface area contributed by atoms with Gasteiger partial charge in [-0.15, -0.1) is 0 Å². The third kappa shape index (κ3) is 10.6. The van der Waals surface area contributed by atoms with E-state index in [0.717, 1.165) is 0 Å². The van der Waals surface area contributed by atoms with Gasteiger partial charge in [0.2, 0.25) is 0 Å². The van der Waals surface area contributed by atoms with E-state index >= 15 is 0 Å². The van der Waals surface area contributed by atoms with Gasteiger partial charge in [0.15, 0.2) is 0 Å². The highest BCUT2D eigenvalue weighted by Crippen LogP contribution is 2.63. The molecule has 2 aliphatic rings. The van der Waals surface area contributed by atoms with Crippen LogP contribution in [0, 0.1) is 0 Å².